The lowest BCUT2D eigenvalue weighted by molar-refractivity contribution is -0.295. The third kappa shape index (κ3) is 6.64. The lowest BCUT2D eigenvalue weighted by Gasteiger charge is -2.44. The number of methoxy groups -OCH3 is 5. The van der Waals surface area contributed by atoms with Crippen molar-refractivity contribution < 1.29 is 38.3 Å². The fourth-order valence-corrected chi connectivity index (χ4v) is 4.83. The van der Waals surface area contributed by atoms with E-state index in [-0.39, 0.29) is 48.5 Å². The second kappa shape index (κ2) is 13.3. The second-order valence-corrected chi connectivity index (χ2v) is 9.01. The summed E-state index contributed by atoms with van der Waals surface area (Å²) in [5.41, 5.74) is 0.957. The molecule has 2 aliphatic heterocycles. The van der Waals surface area contributed by atoms with Crippen molar-refractivity contribution in [2.45, 2.75) is 89.2 Å². The Labute approximate surface area is 199 Å². The van der Waals surface area contributed by atoms with Gasteiger partial charge in [-0.25, -0.2) is 0 Å². The average Bonchev–Trinajstić information content (AvgIpc) is 3.63. The molecule has 2 fully saturated rings. The maximum atomic E-state index is 10.8. The SMILES string of the molecule is CC[C@H](OC)[C@@H](C)[C@@H]1O[C@H]1[C@@H](O)[C@H](C)/C=C/C=C(\C)[C@H]1O[C@H](OC)[C@H](OC)[C@@H](OC)[C@@H]1OC. The summed E-state index contributed by atoms with van der Waals surface area (Å²) in [7, 11) is 8.17. The van der Waals surface area contributed by atoms with Crippen LogP contribution in [0.3, 0.4) is 0 Å². The number of ether oxygens (including phenoxy) is 7. The molecule has 0 bridgehead atoms. The first-order valence-electron chi connectivity index (χ1n) is 11.8. The summed E-state index contributed by atoms with van der Waals surface area (Å²) in [5.74, 6) is 0.173. The third-order valence-electron chi connectivity index (χ3n) is 7.01. The van der Waals surface area contributed by atoms with E-state index in [1.165, 1.54) is 0 Å². The van der Waals surface area contributed by atoms with Gasteiger partial charge in [0, 0.05) is 47.4 Å². The van der Waals surface area contributed by atoms with E-state index in [2.05, 4.69) is 13.8 Å². The molecule has 2 rings (SSSR count). The Balaban J connectivity index is 2.02. The van der Waals surface area contributed by atoms with Gasteiger partial charge in [0.05, 0.1) is 18.3 Å². The smallest absolute Gasteiger partial charge is 0.186 e. The van der Waals surface area contributed by atoms with E-state index in [0.717, 1.165) is 12.0 Å². The maximum absolute atomic E-state index is 10.8. The fraction of sp³-hybridized carbons (Fsp3) is 0.840. The molecule has 1 N–H and O–H groups in total. The topological polar surface area (TPSA) is 88.1 Å². The van der Waals surface area contributed by atoms with Gasteiger partial charge in [-0.3, -0.25) is 0 Å². The normalized spacial score (nSPS) is 36.5. The minimum absolute atomic E-state index is 0.0295. The maximum Gasteiger partial charge on any atom is 0.186 e. The predicted molar refractivity (Wildman–Crippen MR) is 125 cm³/mol. The van der Waals surface area contributed by atoms with E-state index in [9.17, 15) is 5.11 Å². The molecule has 11 atom stereocenters. The first-order valence-corrected chi connectivity index (χ1v) is 11.8. The first-order chi connectivity index (χ1) is 15.8. The van der Waals surface area contributed by atoms with Gasteiger partial charge in [-0.05, 0) is 18.9 Å². The number of hydrogen-bond acceptors (Lipinski definition) is 8. The van der Waals surface area contributed by atoms with Crippen molar-refractivity contribution in [3.8, 4) is 0 Å². The molecule has 0 amide bonds. The highest BCUT2D eigenvalue weighted by Crippen LogP contribution is 2.37. The molecular formula is C25H44O8. The molecule has 192 valence electrons. The van der Waals surface area contributed by atoms with Gasteiger partial charge in [-0.1, -0.05) is 39.0 Å². The van der Waals surface area contributed by atoms with Gasteiger partial charge >= 0.3 is 0 Å². The highest BCUT2D eigenvalue weighted by molar-refractivity contribution is 5.19. The minimum atomic E-state index is -0.576. The Hall–Kier alpha value is -0.840. The molecule has 8 nitrogen and oxygen atoms in total. The van der Waals surface area contributed by atoms with Crippen LogP contribution in [0.5, 0.6) is 0 Å². The van der Waals surface area contributed by atoms with E-state index in [1.54, 1.807) is 35.5 Å². The number of epoxide rings is 1. The van der Waals surface area contributed by atoms with Crippen molar-refractivity contribution in [3.05, 3.63) is 23.8 Å². The summed E-state index contributed by atoms with van der Waals surface area (Å²) < 4.78 is 39.9. The Bertz CT molecular complexity index is 634. The molecule has 0 aliphatic carbocycles. The predicted octanol–water partition coefficient (Wildman–Crippen LogP) is 2.73. The number of aliphatic hydroxyl groups is 1. The fourth-order valence-electron chi connectivity index (χ4n) is 4.83. The summed E-state index contributed by atoms with van der Waals surface area (Å²) in [6.45, 7) is 8.18. The van der Waals surface area contributed by atoms with Gasteiger partial charge in [0.1, 0.15) is 30.5 Å². The summed E-state index contributed by atoms with van der Waals surface area (Å²) in [6, 6.07) is 0. The van der Waals surface area contributed by atoms with E-state index in [1.807, 2.05) is 32.1 Å². The first kappa shape index (κ1) is 28.4. The molecule has 0 saturated carbocycles. The van der Waals surface area contributed by atoms with Gasteiger partial charge < -0.3 is 38.3 Å². The van der Waals surface area contributed by atoms with Crippen molar-refractivity contribution in [2.24, 2.45) is 11.8 Å². The summed E-state index contributed by atoms with van der Waals surface area (Å²) in [5, 5.41) is 10.8. The number of aliphatic hydroxyl groups excluding tert-OH is 1. The van der Waals surface area contributed by atoms with E-state index >= 15 is 0 Å². The lowest BCUT2D eigenvalue weighted by Crippen LogP contribution is -2.60. The van der Waals surface area contributed by atoms with Crippen LogP contribution < -0.4 is 0 Å². The monoisotopic (exact) mass is 472 g/mol. The van der Waals surface area contributed by atoms with Gasteiger partial charge in [0.15, 0.2) is 6.29 Å². The molecule has 0 radical (unpaired) electrons. The van der Waals surface area contributed by atoms with Crippen LogP contribution in [0.1, 0.15) is 34.1 Å². The van der Waals surface area contributed by atoms with Gasteiger partial charge in [0.25, 0.3) is 0 Å². The molecule has 33 heavy (non-hydrogen) atoms. The van der Waals surface area contributed by atoms with Gasteiger partial charge in [-0.2, -0.15) is 0 Å². The largest absolute Gasteiger partial charge is 0.390 e. The Morgan fingerprint density at radius 1 is 0.909 bits per heavy atom. The number of allylic oxidation sites excluding steroid dienone is 2. The van der Waals surface area contributed by atoms with Crippen LogP contribution in [0, 0.1) is 11.8 Å². The molecule has 8 heteroatoms. The third-order valence-corrected chi connectivity index (χ3v) is 7.01. The standard InChI is InChI=1S/C25H44O8/c1-10-17(27-5)16(4)20-21(32-20)18(26)14(2)12-11-13-15(3)19-22(28-6)23(29-7)24(30-8)25(31-9)33-19/h11-14,16-26H,10H2,1-9H3/b12-11+,15-13+/t14-,16-,17+,18+,19-,20+,21+,22-,23+,24-,25+/m1/s1. The van der Waals surface area contributed by atoms with Crippen molar-refractivity contribution in [1.29, 1.82) is 0 Å². The van der Waals surface area contributed by atoms with E-state index < -0.39 is 18.5 Å². The minimum Gasteiger partial charge on any atom is -0.390 e. The second-order valence-electron chi connectivity index (χ2n) is 9.01. The lowest BCUT2D eigenvalue weighted by atomic mass is 9.91. The Kier molecular flexibility index (Phi) is 11.4. The van der Waals surface area contributed by atoms with Crippen molar-refractivity contribution >= 4 is 0 Å². The van der Waals surface area contributed by atoms with Crippen LogP contribution in [0.15, 0.2) is 23.8 Å². The Morgan fingerprint density at radius 3 is 2.06 bits per heavy atom. The molecule has 0 aromatic carbocycles. The van der Waals surface area contributed by atoms with Crippen LogP contribution in [-0.2, 0) is 33.2 Å². The number of rotatable bonds is 13. The van der Waals surface area contributed by atoms with Gasteiger partial charge in [-0.15, -0.1) is 0 Å². The highest BCUT2D eigenvalue weighted by Gasteiger charge is 2.50. The molecule has 2 aliphatic rings. The average molecular weight is 473 g/mol. The summed E-state index contributed by atoms with van der Waals surface area (Å²) >= 11 is 0. The Morgan fingerprint density at radius 2 is 1.55 bits per heavy atom. The quantitative estimate of drug-likeness (QED) is 0.323. The molecule has 0 aromatic heterocycles. The van der Waals surface area contributed by atoms with Crippen molar-refractivity contribution in [1.82, 2.24) is 0 Å². The zero-order valence-corrected chi connectivity index (χ0v) is 21.6. The molecule has 0 unspecified atom stereocenters. The van der Waals surface area contributed by atoms with Gasteiger partial charge in [0.2, 0.25) is 0 Å². The van der Waals surface area contributed by atoms with Crippen molar-refractivity contribution in [3.63, 3.8) is 0 Å². The number of hydrogen-bond donors (Lipinski definition) is 1. The van der Waals surface area contributed by atoms with Crippen LogP contribution in [0.2, 0.25) is 0 Å². The molecule has 2 saturated heterocycles. The zero-order chi connectivity index (χ0) is 24.7. The molecular weight excluding hydrogens is 428 g/mol. The van der Waals surface area contributed by atoms with E-state index in [0.29, 0.717) is 0 Å². The summed E-state index contributed by atoms with van der Waals surface area (Å²) in [4.78, 5) is 0. The zero-order valence-electron chi connectivity index (χ0n) is 21.6. The van der Waals surface area contributed by atoms with Crippen LogP contribution in [-0.4, -0.2) is 95.8 Å². The van der Waals surface area contributed by atoms with Crippen LogP contribution >= 0.6 is 0 Å². The highest BCUT2D eigenvalue weighted by atomic mass is 16.7. The summed E-state index contributed by atoms with van der Waals surface area (Å²) in [6.07, 6.45) is 4.20. The van der Waals surface area contributed by atoms with Crippen LogP contribution in [0.4, 0.5) is 0 Å². The van der Waals surface area contributed by atoms with E-state index in [4.69, 9.17) is 33.2 Å². The van der Waals surface area contributed by atoms with Crippen LogP contribution in [0.25, 0.3) is 0 Å². The molecule has 0 spiro atoms. The molecule has 2 heterocycles. The van der Waals surface area contributed by atoms with Crippen molar-refractivity contribution in [2.75, 3.05) is 35.5 Å². The molecule has 0 aromatic rings.